The van der Waals surface area contributed by atoms with Crippen LogP contribution in [0.25, 0.3) is 0 Å². The van der Waals surface area contributed by atoms with E-state index in [-0.39, 0.29) is 30.3 Å². The Morgan fingerprint density at radius 2 is 1.83 bits per heavy atom. The molecule has 1 atom stereocenters. The molecule has 6 heteroatoms. The van der Waals surface area contributed by atoms with Crippen LogP contribution < -0.4 is 16.0 Å². The molecule has 1 aliphatic rings. The molecule has 0 aliphatic heterocycles. The van der Waals surface area contributed by atoms with E-state index in [9.17, 15) is 14.4 Å². The highest BCUT2D eigenvalue weighted by molar-refractivity contribution is 5.89. The molecule has 0 radical (unpaired) electrons. The van der Waals surface area contributed by atoms with Crippen LogP contribution in [-0.2, 0) is 14.4 Å². The van der Waals surface area contributed by atoms with Gasteiger partial charge in [0, 0.05) is 13.0 Å². The number of carbonyl (C=O) groups is 3. The monoisotopic (exact) mass is 255 g/mol. The number of carbonyl (C=O) groups excluding carboxylic acids is 3. The second-order valence-corrected chi connectivity index (χ2v) is 4.69. The van der Waals surface area contributed by atoms with E-state index in [1.165, 1.54) is 6.92 Å². The molecule has 0 saturated heterocycles. The van der Waals surface area contributed by atoms with E-state index in [4.69, 9.17) is 0 Å². The van der Waals surface area contributed by atoms with Crippen LogP contribution in [0.4, 0.5) is 0 Å². The molecule has 0 bridgehead atoms. The highest BCUT2D eigenvalue weighted by Gasteiger charge is 2.18. The summed E-state index contributed by atoms with van der Waals surface area (Å²) in [7, 11) is 0. The van der Waals surface area contributed by atoms with Crippen molar-refractivity contribution >= 4 is 17.7 Å². The Morgan fingerprint density at radius 1 is 1.22 bits per heavy atom. The van der Waals surface area contributed by atoms with Gasteiger partial charge in [-0.1, -0.05) is 12.8 Å². The summed E-state index contributed by atoms with van der Waals surface area (Å²) in [5.74, 6) is -0.801. The molecular weight excluding hydrogens is 234 g/mol. The largest absolute Gasteiger partial charge is 0.352 e. The smallest absolute Gasteiger partial charge is 0.242 e. The fraction of sp³-hybridized carbons (Fsp3) is 0.750. The molecule has 0 heterocycles. The molecule has 0 aromatic rings. The van der Waals surface area contributed by atoms with Crippen LogP contribution in [0.2, 0.25) is 0 Å². The fourth-order valence-electron chi connectivity index (χ4n) is 2.04. The van der Waals surface area contributed by atoms with Crippen LogP contribution in [0.3, 0.4) is 0 Å². The zero-order chi connectivity index (χ0) is 13.5. The van der Waals surface area contributed by atoms with Gasteiger partial charge in [-0.15, -0.1) is 0 Å². The van der Waals surface area contributed by atoms with Crippen molar-refractivity contribution in [3.05, 3.63) is 0 Å². The maximum Gasteiger partial charge on any atom is 0.242 e. The van der Waals surface area contributed by atoms with Crippen molar-refractivity contribution in [1.29, 1.82) is 0 Å². The van der Waals surface area contributed by atoms with Gasteiger partial charge in [0.1, 0.15) is 6.04 Å². The lowest BCUT2D eigenvalue weighted by Gasteiger charge is -2.14. The molecule has 1 fully saturated rings. The van der Waals surface area contributed by atoms with Crippen LogP contribution in [-0.4, -0.2) is 36.3 Å². The maximum atomic E-state index is 11.5. The Bertz CT molecular complexity index is 325. The lowest BCUT2D eigenvalue weighted by molar-refractivity contribution is -0.129. The SMILES string of the molecule is CC(=O)N[C@@H](C)C(=O)NCC(=O)NC1CCCC1. The Balaban J connectivity index is 2.20. The Labute approximate surface area is 107 Å². The molecule has 0 aromatic carbocycles. The minimum Gasteiger partial charge on any atom is -0.352 e. The van der Waals surface area contributed by atoms with Crippen molar-refractivity contribution in [2.75, 3.05) is 6.54 Å². The average molecular weight is 255 g/mol. The van der Waals surface area contributed by atoms with Crippen molar-refractivity contribution in [3.63, 3.8) is 0 Å². The van der Waals surface area contributed by atoms with Gasteiger partial charge in [0.05, 0.1) is 6.54 Å². The molecule has 3 N–H and O–H groups in total. The first-order chi connectivity index (χ1) is 8.49. The molecular formula is C12H21N3O3. The third-order valence-corrected chi connectivity index (χ3v) is 2.96. The molecule has 0 aromatic heterocycles. The molecule has 0 spiro atoms. The van der Waals surface area contributed by atoms with Crippen LogP contribution in [0.15, 0.2) is 0 Å². The summed E-state index contributed by atoms with van der Waals surface area (Å²) in [5.41, 5.74) is 0. The molecule has 6 nitrogen and oxygen atoms in total. The normalized spacial score (nSPS) is 17.0. The summed E-state index contributed by atoms with van der Waals surface area (Å²) < 4.78 is 0. The molecule has 3 amide bonds. The summed E-state index contributed by atoms with van der Waals surface area (Å²) in [6.45, 7) is 2.88. The predicted octanol–water partition coefficient (Wildman–Crippen LogP) is -0.314. The zero-order valence-corrected chi connectivity index (χ0v) is 10.9. The third-order valence-electron chi connectivity index (χ3n) is 2.96. The van der Waals surface area contributed by atoms with Crippen molar-refractivity contribution in [3.8, 4) is 0 Å². The van der Waals surface area contributed by atoms with E-state index in [0.29, 0.717) is 0 Å². The van der Waals surface area contributed by atoms with Gasteiger partial charge in [0.2, 0.25) is 17.7 Å². The minimum absolute atomic E-state index is 0.0424. The van der Waals surface area contributed by atoms with Crippen molar-refractivity contribution in [2.45, 2.75) is 51.6 Å². The minimum atomic E-state index is -0.623. The second-order valence-electron chi connectivity index (χ2n) is 4.69. The van der Waals surface area contributed by atoms with E-state index in [1.807, 2.05) is 0 Å². The lowest BCUT2D eigenvalue weighted by atomic mass is 10.2. The van der Waals surface area contributed by atoms with Gasteiger partial charge in [-0.3, -0.25) is 14.4 Å². The summed E-state index contributed by atoms with van der Waals surface area (Å²) in [4.78, 5) is 33.8. The van der Waals surface area contributed by atoms with Crippen molar-refractivity contribution < 1.29 is 14.4 Å². The number of hydrogen-bond donors (Lipinski definition) is 3. The van der Waals surface area contributed by atoms with Gasteiger partial charge in [0.25, 0.3) is 0 Å². The van der Waals surface area contributed by atoms with Crippen LogP contribution in [0, 0.1) is 0 Å². The summed E-state index contributed by atoms with van der Waals surface area (Å²) in [6.07, 6.45) is 4.33. The highest BCUT2D eigenvalue weighted by atomic mass is 16.2. The highest BCUT2D eigenvalue weighted by Crippen LogP contribution is 2.17. The van der Waals surface area contributed by atoms with Gasteiger partial charge in [-0.2, -0.15) is 0 Å². The summed E-state index contributed by atoms with van der Waals surface area (Å²) in [6, 6.07) is -0.371. The van der Waals surface area contributed by atoms with E-state index in [0.717, 1.165) is 25.7 Å². The average Bonchev–Trinajstić information content (AvgIpc) is 2.77. The van der Waals surface area contributed by atoms with E-state index < -0.39 is 6.04 Å². The molecule has 102 valence electrons. The molecule has 1 saturated carbocycles. The predicted molar refractivity (Wildman–Crippen MR) is 66.7 cm³/mol. The van der Waals surface area contributed by atoms with Gasteiger partial charge in [0.15, 0.2) is 0 Å². The molecule has 18 heavy (non-hydrogen) atoms. The topological polar surface area (TPSA) is 87.3 Å². The first-order valence-electron chi connectivity index (χ1n) is 6.33. The molecule has 1 aliphatic carbocycles. The lowest BCUT2D eigenvalue weighted by Crippen LogP contribution is -2.47. The molecule has 0 unspecified atom stereocenters. The number of amides is 3. The Kier molecular flexibility index (Phi) is 5.61. The van der Waals surface area contributed by atoms with Gasteiger partial charge in [-0.25, -0.2) is 0 Å². The third kappa shape index (κ3) is 5.16. The first kappa shape index (κ1) is 14.5. The molecule has 1 rings (SSSR count). The first-order valence-corrected chi connectivity index (χ1v) is 6.33. The Hall–Kier alpha value is -1.59. The summed E-state index contributed by atoms with van der Waals surface area (Å²) >= 11 is 0. The van der Waals surface area contributed by atoms with Gasteiger partial charge >= 0.3 is 0 Å². The van der Waals surface area contributed by atoms with E-state index in [2.05, 4.69) is 16.0 Å². The van der Waals surface area contributed by atoms with Crippen molar-refractivity contribution in [1.82, 2.24) is 16.0 Å². The van der Waals surface area contributed by atoms with Crippen LogP contribution in [0.1, 0.15) is 39.5 Å². The van der Waals surface area contributed by atoms with E-state index >= 15 is 0 Å². The Morgan fingerprint density at radius 3 is 2.39 bits per heavy atom. The van der Waals surface area contributed by atoms with Crippen LogP contribution >= 0.6 is 0 Å². The van der Waals surface area contributed by atoms with E-state index in [1.54, 1.807) is 6.92 Å². The quantitative estimate of drug-likeness (QED) is 0.629. The number of nitrogens with one attached hydrogen (secondary N) is 3. The number of hydrogen-bond acceptors (Lipinski definition) is 3. The maximum absolute atomic E-state index is 11.5. The van der Waals surface area contributed by atoms with Crippen LogP contribution in [0.5, 0.6) is 0 Å². The van der Waals surface area contributed by atoms with Crippen molar-refractivity contribution in [2.24, 2.45) is 0 Å². The van der Waals surface area contributed by atoms with Gasteiger partial charge in [-0.05, 0) is 19.8 Å². The second kappa shape index (κ2) is 6.98. The summed E-state index contributed by atoms with van der Waals surface area (Å²) in [5, 5.41) is 7.83. The zero-order valence-electron chi connectivity index (χ0n) is 10.9. The standard InChI is InChI=1S/C12H21N3O3/c1-8(14-9(2)16)12(18)13-7-11(17)15-10-5-3-4-6-10/h8,10H,3-7H2,1-2H3,(H,13,18)(H,14,16)(H,15,17)/t8-/m0/s1. The fourth-order valence-corrected chi connectivity index (χ4v) is 2.04. The van der Waals surface area contributed by atoms with Gasteiger partial charge < -0.3 is 16.0 Å². The number of rotatable bonds is 5.